The van der Waals surface area contributed by atoms with E-state index in [-0.39, 0.29) is 0 Å². The van der Waals surface area contributed by atoms with Crippen molar-refractivity contribution in [2.24, 2.45) is 0 Å². The van der Waals surface area contributed by atoms with Crippen molar-refractivity contribution in [3.8, 4) is 0 Å². The highest BCUT2D eigenvalue weighted by Gasteiger charge is 2.06. The molecule has 2 aromatic rings. The molecule has 2 heteroatoms. The summed E-state index contributed by atoms with van der Waals surface area (Å²) in [5, 5.41) is 7.18. The molecule has 0 aromatic heterocycles. The van der Waals surface area contributed by atoms with Gasteiger partial charge < -0.3 is 10.6 Å². The van der Waals surface area contributed by atoms with Crippen LogP contribution in [-0.4, -0.2) is 6.04 Å². The van der Waals surface area contributed by atoms with E-state index in [1.165, 1.54) is 50.6 Å². The van der Waals surface area contributed by atoms with Gasteiger partial charge in [0.05, 0.1) is 11.4 Å². The van der Waals surface area contributed by atoms with Gasteiger partial charge in [-0.1, -0.05) is 75.8 Å². The lowest BCUT2D eigenvalue weighted by Crippen LogP contribution is -2.15. The minimum Gasteiger partial charge on any atom is -0.381 e. The maximum absolute atomic E-state index is 3.67. The van der Waals surface area contributed by atoms with Gasteiger partial charge in [-0.3, -0.25) is 0 Å². The maximum atomic E-state index is 3.67. The van der Waals surface area contributed by atoms with Crippen LogP contribution < -0.4 is 10.6 Å². The number of rotatable bonds is 11. The topological polar surface area (TPSA) is 24.1 Å². The Morgan fingerprint density at radius 3 is 2.12 bits per heavy atom. The van der Waals surface area contributed by atoms with Gasteiger partial charge >= 0.3 is 0 Å². The maximum Gasteiger partial charge on any atom is 0.0620 e. The largest absolute Gasteiger partial charge is 0.381 e. The third-order valence-electron chi connectivity index (χ3n) is 4.37. The molecule has 0 bridgehead atoms. The Morgan fingerprint density at radius 1 is 0.750 bits per heavy atom. The SMILES string of the molecule is CCCCCCCCC(C)Nc1ccccc1Nc1ccccc1. The summed E-state index contributed by atoms with van der Waals surface area (Å²) >= 11 is 0. The minimum atomic E-state index is 0.495. The highest BCUT2D eigenvalue weighted by molar-refractivity contribution is 5.74. The average molecular weight is 325 g/mol. The number of para-hydroxylation sites is 3. The molecule has 0 fully saturated rings. The van der Waals surface area contributed by atoms with E-state index in [4.69, 9.17) is 0 Å². The first-order valence-corrected chi connectivity index (χ1v) is 9.47. The van der Waals surface area contributed by atoms with Crippen LogP contribution in [0.2, 0.25) is 0 Å². The fourth-order valence-electron chi connectivity index (χ4n) is 2.96. The lowest BCUT2D eigenvalue weighted by molar-refractivity contribution is 0.567. The van der Waals surface area contributed by atoms with Crippen molar-refractivity contribution < 1.29 is 0 Å². The first-order chi connectivity index (χ1) is 11.8. The molecule has 0 saturated carbocycles. The zero-order chi connectivity index (χ0) is 17.0. The summed E-state index contributed by atoms with van der Waals surface area (Å²) < 4.78 is 0. The molecule has 1 atom stereocenters. The van der Waals surface area contributed by atoms with Crippen molar-refractivity contribution in [3.05, 3.63) is 54.6 Å². The predicted octanol–water partition coefficient (Wildman–Crippen LogP) is 6.98. The number of hydrogen-bond donors (Lipinski definition) is 2. The van der Waals surface area contributed by atoms with Crippen LogP contribution in [-0.2, 0) is 0 Å². The van der Waals surface area contributed by atoms with Gasteiger partial charge in [-0.25, -0.2) is 0 Å². The Hall–Kier alpha value is -1.96. The zero-order valence-electron chi connectivity index (χ0n) is 15.2. The summed E-state index contributed by atoms with van der Waals surface area (Å²) in [6, 6.07) is 19.3. The average Bonchev–Trinajstić information content (AvgIpc) is 2.61. The van der Waals surface area contributed by atoms with Gasteiger partial charge in [0.1, 0.15) is 0 Å². The summed E-state index contributed by atoms with van der Waals surface area (Å²) in [6.45, 7) is 4.55. The van der Waals surface area contributed by atoms with Crippen LogP contribution in [0, 0.1) is 0 Å². The number of anilines is 3. The number of nitrogens with one attached hydrogen (secondary N) is 2. The van der Waals surface area contributed by atoms with Crippen LogP contribution in [0.4, 0.5) is 17.1 Å². The fourth-order valence-corrected chi connectivity index (χ4v) is 2.96. The molecule has 0 radical (unpaired) electrons. The first-order valence-electron chi connectivity index (χ1n) is 9.47. The highest BCUT2D eigenvalue weighted by atomic mass is 15.0. The Morgan fingerprint density at radius 2 is 1.38 bits per heavy atom. The monoisotopic (exact) mass is 324 g/mol. The van der Waals surface area contributed by atoms with Crippen molar-refractivity contribution >= 4 is 17.1 Å². The molecule has 0 heterocycles. The van der Waals surface area contributed by atoms with Gasteiger partial charge in [-0.05, 0) is 37.6 Å². The number of unbranched alkanes of at least 4 members (excludes halogenated alkanes) is 5. The van der Waals surface area contributed by atoms with Gasteiger partial charge in [0.15, 0.2) is 0 Å². The van der Waals surface area contributed by atoms with Crippen LogP contribution in [0.3, 0.4) is 0 Å². The second-order valence-corrected chi connectivity index (χ2v) is 6.64. The molecule has 2 N–H and O–H groups in total. The highest BCUT2D eigenvalue weighted by Crippen LogP contribution is 2.26. The van der Waals surface area contributed by atoms with Crippen molar-refractivity contribution in [3.63, 3.8) is 0 Å². The molecular formula is C22H32N2. The second kappa shape index (κ2) is 10.7. The molecule has 1 unspecified atom stereocenters. The van der Waals surface area contributed by atoms with E-state index < -0.39 is 0 Å². The summed E-state index contributed by atoms with van der Waals surface area (Å²) in [5.74, 6) is 0. The standard InChI is InChI=1S/C22H32N2/c1-3-4-5-6-7-9-14-19(2)23-21-17-12-13-18-22(21)24-20-15-10-8-11-16-20/h8,10-13,15-19,23-24H,3-7,9,14H2,1-2H3. The lowest BCUT2D eigenvalue weighted by Gasteiger charge is -2.19. The quantitative estimate of drug-likeness (QED) is 0.436. The Kier molecular flexibility index (Phi) is 8.23. The Balaban J connectivity index is 1.81. The Bertz CT molecular complexity index is 565. The van der Waals surface area contributed by atoms with E-state index in [1.54, 1.807) is 0 Å². The molecule has 0 amide bonds. The molecule has 0 aliphatic rings. The van der Waals surface area contributed by atoms with Crippen LogP contribution >= 0.6 is 0 Å². The third-order valence-corrected chi connectivity index (χ3v) is 4.37. The molecule has 0 spiro atoms. The number of hydrogen-bond acceptors (Lipinski definition) is 2. The zero-order valence-corrected chi connectivity index (χ0v) is 15.2. The molecule has 130 valence electrons. The van der Waals surface area contributed by atoms with Crippen LogP contribution in [0.25, 0.3) is 0 Å². The van der Waals surface area contributed by atoms with E-state index in [1.807, 2.05) is 6.07 Å². The summed E-state index contributed by atoms with van der Waals surface area (Å²) in [6.07, 6.45) is 9.37. The lowest BCUT2D eigenvalue weighted by atomic mass is 10.1. The van der Waals surface area contributed by atoms with Crippen molar-refractivity contribution in [2.45, 2.75) is 64.8 Å². The van der Waals surface area contributed by atoms with Gasteiger partial charge in [0, 0.05) is 11.7 Å². The van der Waals surface area contributed by atoms with E-state index in [9.17, 15) is 0 Å². The van der Waals surface area contributed by atoms with E-state index in [0.29, 0.717) is 6.04 Å². The van der Waals surface area contributed by atoms with E-state index in [0.717, 1.165) is 11.4 Å². The van der Waals surface area contributed by atoms with Gasteiger partial charge in [0.2, 0.25) is 0 Å². The number of benzene rings is 2. The van der Waals surface area contributed by atoms with Crippen molar-refractivity contribution in [1.29, 1.82) is 0 Å². The molecule has 0 aliphatic carbocycles. The molecule has 24 heavy (non-hydrogen) atoms. The molecule has 0 saturated heterocycles. The van der Waals surface area contributed by atoms with Gasteiger partial charge in [-0.15, -0.1) is 0 Å². The van der Waals surface area contributed by atoms with Crippen LogP contribution in [0.5, 0.6) is 0 Å². The van der Waals surface area contributed by atoms with Gasteiger partial charge in [-0.2, -0.15) is 0 Å². The van der Waals surface area contributed by atoms with E-state index >= 15 is 0 Å². The van der Waals surface area contributed by atoms with Gasteiger partial charge in [0.25, 0.3) is 0 Å². The fraction of sp³-hybridized carbons (Fsp3) is 0.455. The van der Waals surface area contributed by atoms with Crippen LogP contribution in [0.1, 0.15) is 58.8 Å². The van der Waals surface area contributed by atoms with Crippen molar-refractivity contribution in [2.75, 3.05) is 10.6 Å². The normalized spacial score (nSPS) is 11.9. The molecule has 2 nitrogen and oxygen atoms in total. The third kappa shape index (κ3) is 6.66. The molecule has 2 rings (SSSR count). The minimum absolute atomic E-state index is 0.495. The second-order valence-electron chi connectivity index (χ2n) is 6.64. The van der Waals surface area contributed by atoms with Crippen molar-refractivity contribution in [1.82, 2.24) is 0 Å². The molecule has 0 aliphatic heterocycles. The summed E-state index contributed by atoms with van der Waals surface area (Å²) in [4.78, 5) is 0. The van der Waals surface area contributed by atoms with Crippen LogP contribution in [0.15, 0.2) is 54.6 Å². The molecule has 2 aromatic carbocycles. The smallest absolute Gasteiger partial charge is 0.0620 e. The predicted molar refractivity (Wildman–Crippen MR) is 107 cm³/mol. The molecular weight excluding hydrogens is 292 g/mol. The summed E-state index contributed by atoms with van der Waals surface area (Å²) in [5.41, 5.74) is 3.44. The Labute approximate surface area is 147 Å². The summed E-state index contributed by atoms with van der Waals surface area (Å²) in [7, 11) is 0. The van der Waals surface area contributed by atoms with E-state index in [2.05, 4.69) is 73.0 Å². The first kappa shape index (κ1) is 18.4.